The number of carbonyl (C=O) groups is 1. The first-order chi connectivity index (χ1) is 15.6. The van der Waals surface area contributed by atoms with E-state index in [0.29, 0.717) is 18.1 Å². The molecule has 1 N–H and O–H groups in total. The summed E-state index contributed by atoms with van der Waals surface area (Å²) in [5.41, 5.74) is 1.10. The van der Waals surface area contributed by atoms with Gasteiger partial charge in [0.1, 0.15) is 17.3 Å². The van der Waals surface area contributed by atoms with Crippen molar-refractivity contribution in [2.45, 2.75) is 52.9 Å². The van der Waals surface area contributed by atoms with Crippen molar-refractivity contribution >= 4 is 22.5 Å². The third-order valence-corrected chi connectivity index (χ3v) is 5.03. The smallest absolute Gasteiger partial charge is 0.335 e. The summed E-state index contributed by atoms with van der Waals surface area (Å²) in [4.78, 5) is 11.0. The van der Waals surface area contributed by atoms with Crippen LogP contribution < -0.4 is 9.47 Å². The molecule has 0 aliphatic rings. The zero-order chi connectivity index (χ0) is 23.3. The van der Waals surface area contributed by atoms with E-state index in [1.54, 1.807) is 12.1 Å². The fourth-order valence-corrected chi connectivity index (χ4v) is 3.39. The second kappa shape index (κ2) is 13.2. The van der Waals surface area contributed by atoms with E-state index in [4.69, 9.17) is 14.6 Å². The van der Waals surface area contributed by atoms with Gasteiger partial charge in [-0.3, -0.25) is 0 Å². The minimum atomic E-state index is -0.965. The Morgan fingerprint density at radius 2 is 1.53 bits per heavy atom. The molecule has 4 heteroatoms. The maximum atomic E-state index is 11.0. The Morgan fingerprint density at radius 3 is 2.19 bits per heavy atom. The molecule has 3 aromatic rings. The Bertz CT molecular complexity index is 1010. The van der Waals surface area contributed by atoms with E-state index in [0.717, 1.165) is 28.5 Å². The molecule has 32 heavy (non-hydrogen) atoms. The predicted molar refractivity (Wildman–Crippen MR) is 133 cm³/mol. The summed E-state index contributed by atoms with van der Waals surface area (Å²) in [7, 11) is 0. The topological polar surface area (TPSA) is 55.8 Å². The summed E-state index contributed by atoms with van der Waals surface area (Å²) in [5.74, 6) is 0.942. The number of unbranched alkanes of at least 4 members (excludes halogenated alkanes) is 4. The number of fused-ring (bicyclic) bond motifs is 1. The van der Waals surface area contributed by atoms with Crippen LogP contribution in [0.4, 0.5) is 0 Å². The number of carboxylic acid groups (broad SMARTS) is 1. The van der Waals surface area contributed by atoms with Gasteiger partial charge >= 0.3 is 5.97 Å². The molecular weight excluding hydrogens is 400 g/mol. The summed E-state index contributed by atoms with van der Waals surface area (Å²) in [6.07, 6.45) is 6.01. The number of hydrogen-bond acceptors (Lipinski definition) is 3. The second-order valence-electron chi connectivity index (χ2n) is 7.27. The van der Waals surface area contributed by atoms with Crippen LogP contribution in [-0.4, -0.2) is 17.7 Å². The van der Waals surface area contributed by atoms with E-state index in [-0.39, 0.29) is 5.56 Å². The summed E-state index contributed by atoms with van der Waals surface area (Å²) >= 11 is 0. The predicted octanol–water partition coefficient (Wildman–Crippen LogP) is 7.96. The lowest BCUT2D eigenvalue weighted by molar-refractivity contribution is 0.0697. The van der Waals surface area contributed by atoms with Crippen LogP contribution >= 0.6 is 0 Å². The summed E-state index contributed by atoms with van der Waals surface area (Å²) < 4.78 is 12.0. The van der Waals surface area contributed by atoms with E-state index in [9.17, 15) is 4.79 Å². The van der Waals surface area contributed by atoms with Crippen molar-refractivity contribution in [1.29, 1.82) is 0 Å². The van der Waals surface area contributed by atoms with Crippen LogP contribution in [0.3, 0.4) is 0 Å². The summed E-state index contributed by atoms with van der Waals surface area (Å²) in [5, 5.41) is 11.1. The molecule has 0 aromatic heterocycles. The molecule has 4 nitrogen and oxygen atoms in total. The molecule has 0 bridgehead atoms. The first-order valence-corrected chi connectivity index (χ1v) is 11.4. The lowest BCUT2D eigenvalue weighted by Gasteiger charge is -2.15. The van der Waals surface area contributed by atoms with E-state index >= 15 is 0 Å². The molecule has 0 saturated carbocycles. The third-order valence-electron chi connectivity index (χ3n) is 5.03. The molecule has 0 aliphatic carbocycles. The van der Waals surface area contributed by atoms with Gasteiger partial charge in [-0.1, -0.05) is 77.3 Å². The molecular formula is C28H34O4. The van der Waals surface area contributed by atoms with E-state index in [1.165, 1.54) is 37.8 Å². The molecule has 3 aromatic carbocycles. The SMILES string of the molecule is C=C(Oc1ccc(C(=O)O)cc1)c1ccc(OCCCCCCC)c2ccccc12.CC. The lowest BCUT2D eigenvalue weighted by Crippen LogP contribution is -2.00. The molecule has 0 heterocycles. The number of benzene rings is 3. The van der Waals surface area contributed by atoms with Crippen LogP contribution in [0.15, 0.2) is 67.2 Å². The molecule has 3 rings (SSSR count). The van der Waals surface area contributed by atoms with Gasteiger partial charge in [0.15, 0.2) is 0 Å². The highest BCUT2D eigenvalue weighted by atomic mass is 16.5. The van der Waals surface area contributed by atoms with Gasteiger partial charge in [0.25, 0.3) is 0 Å². The first-order valence-electron chi connectivity index (χ1n) is 11.4. The molecule has 0 fully saturated rings. The van der Waals surface area contributed by atoms with Crippen molar-refractivity contribution in [2.24, 2.45) is 0 Å². The molecule has 170 valence electrons. The normalized spacial score (nSPS) is 10.2. The van der Waals surface area contributed by atoms with Crippen LogP contribution in [0, 0.1) is 0 Å². The van der Waals surface area contributed by atoms with E-state index in [2.05, 4.69) is 13.5 Å². The quantitative estimate of drug-likeness (QED) is 0.246. The second-order valence-corrected chi connectivity index (χ2v) is 7.27. The van der Waals surface area contributed by atoms with Crippen molar-refractivity contribution < 1.29 is 19.4 Å². The number of hydrogen-bond donors (Lipinski definition) is 1. The van der Waals surface area contributed by atoms with Gasteiger partial charge in [0.05, 0.1) is 12.2 Å². The monoisotopic (exact) mass is 434 g/mol. The fraction of sp³-hybridized carbons (Fsp3) is 0.321. The van der Waals surface area contributed by atoms with Gasteiger partial charge in [0, 0.05) is 10.9 Å². The van der Waals surface area contributed by atoms with Crippen molar-refractivity contribution in [3.05, 3.63) is 78.4 Å². The van der Waals surface area contributed by atoms with Gasteiger partial charge < -0.3 is 14.6 Å². The highest BCUT2D eigenvalue weighted by Crippen LogP contribution is 2.33. The van der Waals surface area contributed by atoms with Crippen molar-refractivity contribution in [2.75, 3.05) is 6.61 Å². The Kier molecular flexibility index (Phi) is 10.3. The first kappa shape index (κ1) is 25.0. The molecule has 0 atom stereocenters. The van der Waals surface area contributed by atoms with E-state index in [1.807, 2.05) is 50.2 Å². The maximum absolute atomic E-state index is 11.0. The molecule has 0 amide bonds. The number of carboxylic acids is 1. The lowest BCUT2D eigenvalue weighted by atomic mass is 10.0. The average molecular weight is 435 g/mol. The van der Waals surface area contributed by atoms with Crippen LogP contribution in [0.25, 0.3) is 16.5 Å². The van der Waals surface area contributed by atoms with Gasteiger partial charge in [-0.2, -0.15) is 0 Å². The number of aromatic carboxylic acids is 1. The van der Waals surface area contributed by atoms with Crippen molar-refractivity contribution in [1.82, 2.24) is 0 Å². The van der Waals surface area contributed by atoms with Crippen molar-refractivity contribution in [3.8, 4) is 11.5 Å². The van der Waals surface area contributed by atoms with Crippen LogP contribution in [0.5, 0.6) is 11.5 Å². The van der Waals surface area contributed by atoms with Crippen LogP contribution in [0.2, 0.25) is 0 Å². The average Bonchev–Trinajstić information content (AvgIpc) is 2.82. The molecule has 0 spiro atoms. The zero-order valence-electron chi connectivity index (χ0n) is 19.4. The largest absolute Gasteiger partial charge is 0.493 e. The van der Waals surface area contributed by atoms with Crippen molar-refractivity contribution in [3.63, 3.8) is 0 Å². The standard InChI is InChI=1S/C26H28O4.C2H6/c1-3-4-5-6-9-18-29-25-17-16-22(23-10-7-8-11-24(23)25)19(2)30-21-14-12-20(13-15-21)26(27)28;1-2/h7-8,10-17H,2-6,9,18H2,1H3,(H,27,28);1-2H3. The van der Waals surface area contributed by atoms with Gasteiger partial charge in [-0.25, -0.2) is 4.79 Å². The van der Waals surface area contributed by atoms with Gasteiger partial charge in [-0.05, 0) is 48.2 Å². The van der Waals surface area contributed by atoms with Crippen LogP contribution in [-0.2, 0) is 0 Å². The molecule has 0 saturated heterocycles. The van der Waals surface area contributed by atoms with Crippen LogP contribution in [0.1, 0.15) is 68.8 Å². The third kappa shape index (κ3) is 6.88. The maximum Gasteiger partial charge on any atom is 0.335 e. The highest BCUT2D eigenvalue weighted by molar-refractivity contribution is 5.96. The van der Waals surface area contributed by atoms with E-state index < -0.39 is 5.97 Å². The number of rotatable bonds is 11. The Hall–Kier alpha value is -3.27. The molecule has 0 unspecified atom stereocenters. The summed E-state index contributed by atoms with van der Waals surface area (Å²) in [6, 6.07) is 18.3. The Morgan fingerprint density at radius 1 is 0.875 bits per heavy atom. The van der Waals surface area contributed by atoms with Gasteiger partial charge in [0.2, 0.25) is 0 Å². The Labute approximate surface area is 191 Å². The number of ether oxygens (including phenoxy) is 2. The zero-order valence-corrected chi connectivity index (χ0v) is 19.4. The Balaban J connectivity index is 0.00000176. The molecule has 0 aliphatic heterocycles. The summed E-state index contributed by atoms with van der Waals surface area (Å²) in [6.45, 7) is 11.0. The highest BCUT2D eigenvalue weighted by Gasteiger charge is 2.11. The minimum Gasteiger partial charge on any atom is -0.493 e. The minimum absolute atomic E-state index is 0.217. The van der Waals surface area contributed by atoms with Gasteiger partial charge in [-0.15, -0.1) is 0 Å². The fourth-order valence-electron chi connectivity index (χ4n) is 3.39. The molecule has 0 radical (unpaired) electrons.